The van der Waals surface area contributed by atoms with E-state index in [1.54, 1.807) is 0 Å². The minimum atomic E-state index is -1.11. The van der Waals surface area contributed by atoms with Crippen molar-refractivity contribution >= 4 is 18.1 Å². The van der Waals surface area contributed by atoms with Crippen LogP contribution in [0.2, 0.25) is 0 Å². The third-order valence-corrected chi connectivity index (χ3v) is 0.544. The smallest absolute Gasteiger partial charge is 0.294 e. The zero-order chi connectivity index (χ0) is 5.70. The first kappa shape index (κ1) is 6.69. The first-order valence-corrected chi connectivity index (χ1v) is 2.04. The summed E-state index contributed by atoms with van der Waals surface area (Å²) in [6.07, 6.45) is 0. The highest BCUT2D eigenvalue weighted by Gasteiger charge is 1.98. The van der Waals surface area contributed by atoms with Crippen LogP contribution in [0.3, 0.4) is 0 Å². The Morgan fingerprint density at radius 1 is 2.00 bits per heavy atom. The number of ether oxygens (including phenoxy) is 1. The number of hydrogen-bond acceptors (Lipinski definition) is 2. The fourth-order valence-electron chi connectivity index (χ4n) is 0.0967. The van der Waals surface area contributed by atoms with Gasteiger partial charge in [-0.05, 0) is 0 Å². The maximum Gasteiger partial charge on any atom is 0.294 e. The second-order valence-corrected chi connectivity index (χ2v) is 1.28. The number of halogens is 2. The van der Waals surface area contributed by atoms with Gasteiger partial charge in [-0.2, -0.15) is 0 Å². The molecule has 0 saturated carbocycles. The largest absolute Gasteiger partial charge is 0.445 e. The summed E-state index contributed by atoms with van der Waals surface area (Å²) in [5.74, 6) is 0. The van der Waals surface area contributed by atoms with Gasteiger partial charge >= 0.3 is 0 Å². The summed E-state index contributed by atoms with van der Waals surface area (Å²) >= 11 is 4.94. The number of carbonyl (C=O) groups excluding carboxylic acids is 1. The SMILES string of the molecule is O=COC(Cl)CF. The lowest BCUT2D eigenvalue weighted by Crippen LogP contribution is -2.04. The molecule has 0 aliphatic carbocycles. The van der Waals surface area contributed by atoms with Crippen LogP contribution in [0.1, 0.15) is 0 Å². The third-order valence-electron chi connectivity index (χ3n) is 0.325. The van der Waals surface area contributed by atoms with Gasteiger partial charge in [-0.25, -0.2) is 4.39 Å². The average molecular weight is 127 g/mol. The van der Waals surface area contributed by atoms with E-state index in [9.17, 15) is 9.18 Å². The van der Waals surface area contributed by atoms with E-state index in [2.05, 4.69) is 4.74 Å². The summed E-state index contributed by atoms with van der Waals surface area (Å²) in [6, 6.07) is 0. The van der Waals surface area contributed by atoms with Gasteiger partial charge in [0.15, 0.2) is 0 Å². The van der Waals surface area contributed by atoms with Gasteiger partial charge < -0.3 is 4.74 Å². The number of alkyl halides is 2. The Kier molecular flexibility index (Phi) is 3.69. The first-order valence-electron chi connectivity index (χ1n) is 1.60. The molecule has 0 aliphatic rings. The molecule has 1 atom stereocenters. The van der Waals surface area contributed by atoms with Crippen LogP contribution in [0.5, 0.6) is 0 Å². The van der Waals surface area contributed by atoms with Gasteiger partial charge in [-0.1, -0.05) is 11.6 Å². The van der Waals surface area contributed by atoms with Crippen LogP contribution < -0.4 is 0 Å². The van der Waals surface area contributed by atoms with Crippen molar-refractivity contribution in [3.8, 4) is 0 Å². The Balaban J connectivity index is 2.98. The van der Waals surface area contributed by atoms with Crippen LogP contribution in [0.4, 0.5) is 4.39 Å². The van der Waals surface area contributed by atoms with Crippen molar-refractivity contribution in [3.05, 3.63) is 0 Å². The van der Waals surface area contributed by atoms with Gasteiger partial charge in [0.25, 0.3) is 6.47 Å². The second-order valence-electron chi connectivity index (χ2n) is 0.797. The van der Waals surface area contributed by atoms with E-state index < -0.39 is 12.2 Å². The van der Waals surface area contributed by atoms with Crippen molar-refractivity contribution in [3.63, 3.8) is 0 Å². The van der Waals surface area contributed by atoms with Crippen LogP contribution in [0.25, 0.3) is 0 Å². The molecule has 0 rings (SSSR count). The van der Waals surface area contributed by atoms with Gasteiger partial charge in [0.1, 0.15) is 6.67 Å². The molecule has 0 aromatic rings. The highest BCUT2D eigenvalue weighted by Crippen LogP contribution is 1.94. The van der Waals surface area contributed by atoms with Gasteiger partial charge in [0.05, 0.1) is 0 Å². The predicted octanol–water partition coefficient (Wildman–Crippen LogP) is 0.694. The van der Waals surface area contributed by atoms with Crippen LogP contribution >= 0.6 is 11.6 Å². The minimum absolute atomic E-state index is 0.108. The number of carbonyl (C=O) groups is 1. The van der Waals surface area contributed by atoms with Crippen LogP contribution in [-0.4, -0.2) is 18.7 Å². The lowest BCUT2D eigenvalue weighted by Gasteiger charge is -1.97. The van der Waals surface area contributed by atoms with Crippen molar-refractivity contribution in [2.75, 3.05) is 6.67 Å². The molecule has 0 bridgehead atoms. The Morgan fingerprint density at radius 3 is 2.71 bits per heavy atom. The summed E-state index contributed by atoms with van der Waals surface area (Å²) in [4.78, 5) is 9.30. The van der Waals surface area contributed by atoms with E-state index in [4.69, 9.17) is 11.6 Å². The maximum absolute atomic E-state index is 11.2. The van der Waals surface area contributed by atoms with Gasteiger partial charge in [0.2, 0.25) is 5.56 Å². The van der Waals surface area contributed by atoms with Crippen LogP contribution in [0, 0.1) is 0 Å². The molecular formula is C3H4ClFO2. The van der Waals surface area contributed by atoms with E-state index in [1.807, 2.05) is 0 Å². The minimum Gasteiger partial charge on any atom is -0.445 e. The molecule has 0 spiro atoms. The van der Waals surface area contributed by atoms with E-state index in [0.29, 0.717) is 0 Å². The van der Waals surface area contributed by atoms with Gasteiger partial charge in [-0.3, -0.25) is 4.79 Å². The summed E-state index contributed by atoms with van der Waals surface area (Å²) < 4.78 is 15.1. The van der Waals surface area contributed by atoms with E-state index in [-0.39, 0.29) is 6.47 Å². The Morgan fingerprint density at radius 2 is 2.57 bits per heavy atom. The van der Waals surface area contributed by atoms with E-state index >= 15 is 0 Å². The molecule has 0 N–H and O–H groups in total. The molecule has 7 heavy (non-hydrogen) atoms. The fraction of sp³-hybridized carbons (Fsp3) is 0.667. The molecule has 0 saturated heterocycles. The molecule has 0 aromatic heterocycles. The number of rotatable bonds is 3. The van der Waals surface area contributed by atoms with Crippen molar-refractivity contribution in [2.24, 2.45) is 0 Å². The Labute approximate surface area is 45.2 Å². The highest BCUT2D eigenvalue weighted by molar-refractivity contribution is 6.20. The topological polar surface area (TPSA) is 26.3 Å². The van der Waals surface area contributed by atoms with Crippen molar-refractivity contribution in [1.82, 2.24) is 0 Å². The third kappa shape index (κ3) is 3.52. The van der Waals surface area contributed by atoms with Gasteiger partial charge in [-0.15, -0.1) is 0 Å². The molecule has 0 radical (unpaired) electrons. The summed E-state index contributed by atoms with van der Waals surface area (Å²) in [5, 5.41) is 0. The van der Waals surface area contributed by atoms with E-state index in [0.717, 1.165) is 0 Å². The molecular weight excluding hydrogens is 122 g/mol. The Bertz CT molecular complexity index is 58.9. The van der Waals surface area contributed by atoms with Gasteiger partial charge in [0, 0.05) is 0 Å². The summed E-state index contributed by atoms with van der Waals surface area (Å²) in [6.45, 7) is -0.739. The first-order chi connectivity index (χ1) is 3.31. The molecule has 1 unspecified atom stereocenters. The predicted molar refractivity (Wildman–Crippen MR) is 22.8 cm³/mol. The second kappa shape index (κ2) is 3.87. The highest BCUT2D eigenvalue weighted by atomic mass is 35.5. The number of hydrogen-bond donors (Lipinski definition) is 0. The maximum atomic E-state index is 11.2. The fourth-order valence-corrected chi connectivity index (χ4v) is 0.139. The van der Waals surface area contributed by atoms with Crippen molar-refractivity contribution in [2.45, 2.75) is 5.56 Å². The van der Waals surface area contributed by atoms with Crippen LogP contribution in [-0.2, 0) is 9.53 Å². The molecule has 42 valence electrons. The van der Waals surface area contributed by atoms with Crippen LogP contribution in [0.15, 0.2) is 0 Å². The van der Waals surface area contributed by atoms with Crippen molar-refractivity contribution < 1.29 is 13.9 Å². The molecule has 2 nitrogen and oxygen atoms in total. The lowest BCUT2D eigenvalue weighted by molar-refractivity contribution is -0.130. The molecule has 0 amide bonds. The lowest BCUT2D eigenvalue weighted by atomic mass is 10.8. The monoisotopic (exact) mass is 126 g/mol. The Hall–Kier alpha value is -0.310. The zero-order valence-corrected chi connectivity index (χ0v) is 4.19. The molecule has 0 heterocycles. The normalized spacial score (nSPS) is 12.9. The molecule has 4 heteroatoms. The molecule has 0 aliphatic heterocycles. The zero-order valence-electron chi connectivity index (χ0n) is 3.43. The van der Waals surface area contributed by atoms with Crippen molar-refractivity contribution in [1.29, 1.82) is 0 Å². The molecule has 0 aromatic carbocycles. The average Bonchev–Trinajstić information content (AvgIpc) is 1.68. The molecule has 0 fully saturated rings. The summed E-state index contributed by atoms with van der Waals surface area (Å²) in [7, 11) is 0. The van der Waals surface area contributed by atoms with E-state index in [1.165, 1.54) is 0 Å². The standard InChI is InChI=1S/C3H4ClFO2/c4-3(1-5)7-2-6/h2-3H,1H2. The summed E-state index contributed by atoms with van der Waals surface area (Å²) in [5.41, 5.74) is -1.11. The quantitative estimate of drug-likeness (QED) is 0.411.